The molecule has 1 aliphatic heterocycles. The van der Waals surface area contributed by atoms with Crippen molar-refractivity contribution in [2.45, 2.75) is 58.5 Å². The maximum atomic E-state index is 12.5. The van der Waals surface area contributed by atoms with Crippen molar-refractivity contribution < 1.29 is 4.79 Å². The minimum absolute atomic E-state index is 0.117. The van der Waals surface area contributed by atoms with Crippen LogP contribution < -0.4 is 0 Å². The van der Waals surface area contributed by atoms with Crippen LogP contribution in [0.3, 0.4) is 0 Å². The van der Waals surface area contributed by atoms with Crippen molar-refractivity contribution in [1.82, 2.24) is 4.90 Å². The van der Waals surface area contributed by atoms with Gasteiger partial charge in [-0.2, -0.15) is 0 Å². The minimum Gasteiger partial charge on any atom is -0.327 e. The fourth-order valence-corrected chi connectivity index (χ4v) is 2.85. The molecule has 0 saturated heterocycles. The highest BCUT2D eigenvalue weighted by Crippen LogP contribution is 2.41. The van der Waals surface area contributed by atoms with Crippen LogP contribution in [0.5, 0.6) is 0 Å². The molecule has 0 spiro atoms. The highest BCUT2D eigenvalue weighted by molar-refractivity contribution is 5.99. The van der Waals surface area contributed by atoms with E-state index in [0.29, 0.717) is 0 Å². The third kappa shape index (κ3) is 2.16. The summed E-state index contributed by atoms with van der Waals surface area (Å²) in [6, 6.07) is 8.33. The first kappa shape index (κ1) is 13.1. The molecular weight excluding hydrogens is 222 g/mol. The average molecular weight is 245 g/mol. The van der Waals surface area contributed by atoms with Crippen molar-refractivity contribution in [3.63, 3.8) is 0 Å². The molecule has 0 fully saturated rings. The first-order valence-corrected chi connectivity index (χ1v) is 6.89. The van der Waals surface area contributed by atoms with Crippen LogP contribution in [0.1, 0.15) is 68.9 Å². The summed E-state index contributed by atoms with van der Waals surface area (Å²) in [5, 5.41) is 0. The molecule has 0 aliphatic carbocycles. The number of benzene rings is 1. The molecule has 2 nitrogen and oxygen atoms in total. The first-order valence-electron chi connectivity index (χ1n) is 6.89. The van der Waals surface area contributed by atoms with Gasteiger partial charge < -0.3 is 4.90 Å². The number of amides is 1. The number of rotatable bonds is 3. The van der Waals surface area contributed by atoms with Gasteiger partial charge >= 0.3 is 0 Å². The van der Waals surface area contributed by atoms with Crippen LogP contribution >= 0.6 is 0 Å². The molecule has 18 heavy (non-hydrogen) atoms. The summed E-state index contributed by atoms with van der Waals surface area (Å²) in [4.78, 5) is 14.6. The van der Waals surface area contributed by atoms with Gasteiger partial charge in [0.05, 0.1) is 6.04 Å². The second kappa shape index (κ2) is 4.75. The maximum absolute atomic E-state index is 12.5. The van der Waals surface area contributed by atoms with E-state index in [2.05, 4.69) is 38.7 Å². The van der Waals surface area contributed by atoms with Gasteiger partial charge in [0.15, 0.2) is 0 Å². The molecule has 98 valence electrons. The molecule has 2 rings (SSSR count). The Labute approximate surface area is 110 Å². The van der Waals surface area contributed by atoms with E-state index in [4.69, 9.17) is 0 Å². The number of carbonyl (C=O) groups excluding carboxylic acids is 1. The third-order valence-electron chi connectivity index (χ3n) is 3.63. The molecule has 0 radical (unpaired) electrons. The Kier molecular flexibility index (Phi) is 3.47. The second-order valence-corrected chi connectivity index (χ2v) is 6.09. The zero-order chi connectivity index (χ0) is 13.3. The molecule has 1 aromatic rings. The van der Waals surface area contributed by atoms with Crippen molar-refractivity contribution in [3.8, 4) is 0 Å². The largest absolute Gasteiger partial charge is 0.327 e. The maximum Gasteiger partial charge on any atom is 0.255 e. The van der Waals surface area contributed by atoms with Crippen molar-refractivity contribution in [2.75, 3.05) is 0 Å². The van der Waals surface area contributed by atoms with Gasteiger partial charge in [0.1, 0.15) is 0 Å². The summed E-state index contributed by atoms with van der Waals surface area (Å²) in [5.74, 6) is 0.194. The molecule has 0 saturated carbocycles. The third-order valence-corrected chi connectivity index (χ3v) is 3.63. The summed E-state index contributed by atoms with van der Waals surface area (Å²) in [5.41, 5.74) is 1.99. The van der Waals surface area contributed by atoms with Crippen LogP contribution in [-0.4, -0.2) is 16.3 Å². The van der Waals surface area contributed by atoms with Gasteiger partial charge in [-0.3, -0.25) is 4.79 Å². The van der Waals surface area contributed by atoms with Gasteiger partial charge in [0.25, 0.3) is 5.91 Å². The molecule has 0 bridgehead atoms. The predicted octanol–water partition coefficient (Wildman–Crippen LogP) is 4.17. The van der Waals surface area contributed by atoms with Gasteiger partial charge in [-0.05, 0) is 38.8 Å². The summed E-state index contributed by atoms with van der Waals surface area (Å²) >= 11 is 0. The molecule has 0 N–H and O–H groups in total. The van der Waals surface area contributed by atoms with Crippen LogP contribution in [0.2, 0.25) is 0 Å². The fraction of sp³-hybridized carbons (Fsp3) is 0.562. The van der Waals surface area contributed by atoms with Gasteiger partial charge in [0, 0.05) is 11.1 Å². The van der Waals surface area contributed by atoms with Crippen LogP contribution in [-0.2, 0) is 0 Å². The van der Waals surface area contributed by atoms with Crippen molar-refractivity contribution >= 4 is 5.91 Å². The van der Waals surface area contributed by atoms with Crippen molar-refractivity contribution in [1.29, 1.82) is 0 Å². The van der Waals surface area contributed by atoms with Gasteiger partial charge in [0.2, 0.25) is 0 Å². The number of unbranched alkanes of at least 4 members (excludes halogenated alkanes) is 1. The Morgan fingerprint density at radius 3 is 2.50 bits per heavy atom. The molecule has 1 aromatic carbocycles. The number of fused-ring (bicyclic) bond motifs is 1. The van der Waals surface area contributed by atoms with E-state index in [9.17, 15) is 4.79 Å². The Morgan fingerprint density at radius 2 is 1.89 bits per heavy atom. The number of nitrogens with zero attached hydrogens (tertiary/aromatic N) is 1. The van der Waals surface area contributed by atoms with E-state index in [-0.39, 0.29) is 17.5 Å². The monoisotopic (exact) mass is 245 g/mol. The average Bonchev–Trinajstić information content (AvgIpc) is 2.60. The van der Waals surface area contributed by atoms with Crippen LogP contribution in [0.4, 0.5) is 0 Å². The molecule has 0 aromatic heterocycles. The molecular formula is C16H23NO. The van der Waals surface area contributed by atoms with E-state index in [0.717, 1.165) is 12.0 Å². The Hall–Kier alpha value is -1.31. The molecule has 1 amide bonds. The van der Waals surface area contributed by atoms with Crippen molar-refractivity contribution in [2.24, 2.45) is 0 Å². The highest BCUT2D eigenvalue weighted by atomic mass is 16.2. The highest BCUT2D eigenvalue weighted by Gasteiger charge is 2.41. The Balaban J connectivity index is 2.40. The van der Waals surface area contributed by atoms with Crippen LogP contribution in [0.15, 0.2) is 24.3 Å². The number of hydrogen-bond acceptors (Lipinski definition) is 1. The standard InChI is InChI=1S/C16H23NO/c1-5-6-11-14-12-9-7-8-10-13(12)15(18)17(14)16(2,3)4/h7-10,14H,5-6,11H2,1-4H3. The quantitative estimate of drug-likeness (QED) is 0.782. The predicted molar refractivity (Wildman–Crippen MR) is 74.6 cm³/mol. The second-order valence-electron chi connectivity index (χ2n) is 6.09. The summed E-state index contributed by atoms with van der Waals surface area (Å²) < 4.78 is 0. The van der Waals surface area contributed by atoms with E-state index in [1.807, 2.05) is 18.2 Å². The van der Waals surface area contributed by atoms with Crippen LogP contribution in [0, 0.1) is 0 Å². The van der Waals surface area contributed by atoms with Gasteiger partial charge in [-0.15, -0.1) is 0 Å². The topological polar surface area (TPSA) is 20.3 Å². The zero-order valence-electron chi connectivity index (χ0n) is 11.9. The normalized spacial score (nSPS) is 19.2. The summed E-state index contributed by atoms with van der Waals surface area (Å²) in [6.07, 6.45) is 3.40. The molecule has 2 heteroatoms. The molecule has 1 unspecified atom stereocenters. The van der Waals surface area contributed by atoms with E-state index in [1.165, 1.54) is 18.4 Å². The zero-order valence-corrected chi connectivity index (χ0v) is 11.9. The van der Waals surface area contributed by atoms with Crippen LogP contribution in [0.25, 0.3) is 0 Å². The van der Waals surface area contributed by atoms with Gasteiger partial charge in [-0.1, -0.05) is 38.0 Å². The molecule has 1 atom stereocenters. The minimum atomic E-state index is -0.117. The SMILES string of the molecule is CCCCC1c2ccccc2C(=O)N1C(C)(C)C. The lowest BCUT2D eigenvalue weighted by molar-refractivity contribution is 0.0486. The lowest BCUT2D eigenvalue weighted by Gasteiger charge is -2.37. The summed E-state index contributed by atoms with van der Waals surface area (Å²) in [6.45, 7) is 8.56. The number of hydrogen-bond donors (Lipinski definition) is 0. The molecule has 1 aliphatic rings. The van der Waals surface area contributed by atoms with Crippen molar-refractivity contribution in [3.05, 3.63) is 35.4 Å². The van der Waals surface area contributed by atoms with E-state index < -0.39 is 0 Å². The smallest absolute Gasteiger partial charge is 0.255 e. The van der Waals surface area contributed by atoms with Gasteiger partial charge in [-0.25, -0.2) is 0 Å². The Morgan fingerprint density at radius 1 is 1.22 bits per heavy atom. The molecule has 1 heterocycles. The van der Waals surface area contributed by atoms with E-state index in [1.54, 1.807) is 0 Å². The lowest BCUT2D eigenvalue weighted by Crippen LogP contribution is -2.43. The lowest BCUT2D eigenvalue weighted by atomic mass is 9.97. The number of carbonyl (C=O) groups is 1. The summed E-state index contributed by atoms with van der Waals surface area (Å²) in [7, 11) is 0. The fourth-order valence-electron chi connectivity index (χ4n) is 2.85. The Bertz CT molecular complexity index is 445. The van der Waals surface area contributed by atoms with E-state index >= 15 is 0 Å². The first-order chi connectivity index (χ1) is 8.46.